The first-order valence-corrected chi connectivity index (χ1v) is 7.61. The van der Waals surface area contributed by atoms with Crippen LogP contribution in [-0.2, 0) is 13.0 Å². The standard InChI is InChI=1S/C14H26BrN3/c1-6-18-12(13(15)11(2)17-18)9-7-8-10-16-14(3,4)5/h16H,6-10H2,1-5H3. The van der Waals surface area contributed by atoms with Crippen molar-refractivity contribution in [1.29, 1.82) is 0 Å². The number of nitrogens with zero attached hydrogens (tertiary/aromatic N) is 2. The molecule has 104 valence electrons. The van der Waals surface area contributed by atoms with Crippen LogP contribution >= 0.6 is 15.9 Å². The number of halogens is 1. The molecule has 0 radical (unpaired) electrons. The lowest BCUT2D eigenvalue weighted by molar-refractivity contribution is 0.418. The third-order valence-electron chi connectivity index (χ3n) is 2.95. The molecule has 0 amide bonds. The summed E-state index contributed by atoms with van der Waals surface area (Å²) in [4.78, 5) is 0. The molecule has 1 aromatic rings. The maximum absolute atomic E-state index is 4.52. The summed E-state index contributed by atoms with van der Waals surface area (Å²) in [5.74, 6) is 0. The first kappa shape index (κ1) is 15.7. The zero-order valence-electron chi connectivity index (χ0n) is 12.3. The van der Waals surface area contributed by atoms with Gasteiger partial charge in [-0.3, -0.25) is 4.68 Å². The Morgan fingerprint density at radius 1 is 1.28 bits per heavy atom. The molecule has 0 saturated carbocycles. The number of hydrogen-bond acceptors (Lipinski definition) is 2. The van der Waals surface area contributed by atoms with E-state index >= 15 is 0 Å². The van der Waals surface area contributed by atoms with Gasteiger partial charge in [-0.25, -0.2) is 0 Å². The van der Waals surface area contributed by atoms with Gasteiger partial charge in [0, 0.05) is 12.1 Å². The van der Waals surface area contributed by atoms with Crippen LogP contribution in [0.5, 0.6) is 0 Å². The molecule has 0 aromatic carbocycles. The van der Waals surface area contributed by atoms with Gasteiger partial charge in [0.15, 0.2) is 0 Å². The lowest BCUT2D eigenvalue weighted by Gasteiger charge is -2.20. The van der Waals surface area contributed by atoms with Crippen molar-refractivity contribution in [1.82, 2.24) is 15.1 Å². The fraction of sp³-hybridized carbons (Fsp3) is 0.786. The SMILES string of the molecule is CCn1nc(C)c(Br)c1CCCCNC(C)(C)C. The molecule has 1 heterocycles. The van der Waals surface area contributed by atoms with Crippen LogP contribution in [0.3, 0.4) is 0 Å². The third kappa shape index (κ3) is 4.73. The molecule has 1 rings (SSSR count). The highest BCUT2D eigenvalue weighted by molar-refractivity contribution is 9.10. The van der Waals surface area contributed by atoms with Crippen molar-refractivity contribution in [2.75, 3.05) is 6.54 Å². The predicted molar refractivity (Wildman–Crippen MR) is 81.0 cm³/mol. The first-order valence-electron chi connectivity index (χ1n) is 6.82. The number of hydrogen-bond donors (Lipinski definition) is 1. The number of aryl methyl sites for hydroxylation is 2. The molecule has 4 heteroatoms. The number of aromatic nitrogens is 2. The second kappa shape index (κ2) is 6.71. The normalized spacial score (nSPS) is 12.1. The Labute approximate surface area is 119 Å². The minimum absolute atomic E-state index is 0.225. The van der Waals surface area contributed by atoms with Crippen molar-refractivity contribution in [2.45, 2.75) is 66.0 Å². The molecule has 0 atom stereocenters. The van der Waals surface area contributed by atoms with Gasteiger partial charge in [-0.2, -0.15) is 5.10 Å². The number of rotatable bonds is 6. The van der Waals surface area contributed by atoms with Gasteiger partial charge >= 0.3 is 0 Å². The van der Waals surface area contributed by atoms with Crippen LogP contribution in [0.15, 0.2) is 4.47 Å². The fourth-order valence-electron chi connectivity index (χ4n) is 1.99. The van der Waals surface area contributed by atoms with Gasteiger partial charge in [0.1, 0.15) is 0 Å². The molecule has 0 aliphatic heterocycles. The molecule has 0 aliphatic rings. The molecular formula is C14H26BrN3. The second-order valence-electron chi connectivity index (χ2n) is 5.80. The monoisotopic (exact) mass is 315 g/mol. The topological polar surface area (TPSA) is 29.9 Å². The fourth-order valence-corrected chi connectivity index (χ4v) is 2.47. The van der Waals surface area contributed by atoms with E-state index in [0.717, 1.165) is 25.2 Å². The summed E-state index contributed by atoms with van der Waals surface area (Å²) in [6.07, 6.45) is 3.51. The molecule has 3 nitrogen and oxygen atoms in total. The Kier molecular flexibility index (Phi) is 5.86. The van der Waals surface area contributed by atoms with Crippen LogP contribution in [0, 0.1) is 6.92 Å². The molecule has 1 N–H and O–H groups in total. The van der Waals surface area contributed by atoms with E-state index < -0.39 is 0 Å². The molecule has 0 aliphatic carbocycles. The summed E-state index contributed by atoms with van der Waals surface area (Å²) in [5, 5.41) is 8.04. The minimum Gasteiger partial charge on any atom is -0.312 e. The van der Waals surface area contributed by atoms with Crippen LogP contribution in [0.25, 0.3) is 0 Å². The van der Waals surface area contributed by atoms with Crippen LogP contribution in [0.4, 0.5) is 0 Å². The molecule has 0 bridgehead atoms. The van der Waals surface area contributed by atoms with E-state index in [1.807, 2.05) is 0 Å². The van der Waals surface area contributed by atoms with Crippen molar-refractivity contribution in [3.8, 4) is 0 Å². The van der Waals surface area contributed by atoms with E-state index in [9.17, 15) is 0 Å². The van der Waals surface area contributed by atoms with Gasteiger partial charge < -0.3 is 5.32 Å². The van der Waals surface area contributed by atoms with Crippen LogP contribution in [0.1, 0.15) is 51.9 Å². The molecule has 18 heavy (non-hydrogen) atoms. The summed E-state index contributed by atoms with van der Waals surface area (Å²) in [6, 6.07) is 0. The Balaban J connectivity index is 2.40. The lowest BCUT2D eigenvalue weighted by Crippen LogP contribution is -2.36. The average Bonchev–Trinajstić information content (AvgIpc) is 2.54. The maximum atomic E-state index is 4.52. The van der Waals surface area contributed by atoms with Crippen LogP contribution < -0.4 is 5.32 Å². The van der Waals surface area contributed by atoms with Crippen LogP contribution in [0.2, 0.25) is 0 Å². The summed E-state index contributed by atoms with van der Waals surface area (Å²) in [5.41, 5.74) is 2.66. The predicted octanol–water partition coefficient (Wildman–Crippen LogP) is 3.68. The van der Waals surface area contributed by atoms with Gasteiger partial charge in [-0.1, -0.05) is 0 Å². The van der Waals surface area contributed by atoms with Crippen molar-refractivity contribution in [3.63, 3.8) is 0 Å². The maximum Gasteiger partial charge on any atom is 0.0738 e. The zero-order valence-corrected chi connectivity index (χ0v) is 13.9. The highest BCUT2D eigenvalue weighted by Gasteiger charge is 2.12. The van der Waals surface area contributed by atoms with E-state index in [0.29, 0.717) is 0 Å². The van der Waals surface area contributed by atoms with Crippen molar-refractivity contribution in [2.24, 2.45) is 0 Å². The highest BCUT2D eigenvalue weighted by atomic mass is 79.9. The van der Waals surface area contributed by atoms with Crippen molar-refractivity contribution < 1.29 is 0 Å². The summed E-state index contributed by atoms with van der Waals surface area (Å²) in [6.45, 7) is 12.9. The second-order valence-corrected chi connectivity index (χ2v) is 6.59. The van der Waals surface area contributed by atoms with Gasteiger partial charge in [0.2, 0.25) is 0 Å². The van der Waals surface area contributed by atoms with E-state index in [-0.39, 0.29) is 5.54 Å². The molecular weight excluding hydrogens is 290 g/mol. The van der Waals surface area contributed by atoms with Gasteiger partial charge in [0.25, 0.3) is 0 Å². The first-order chi connectivity index (χ1) is 8.35. The number of nitrogens with one attached hydrogen (secondary N) is 1. The van der Waals surface area contributed by atoms with Crippen molar-refractivity contribution in [3.05, 3.63) is 15.9 Å². The molecule has 0 saturated heterocycles. The van der Waals surface area contributed by atoms with Gasteiger partial charge in [0.05, 0.1) is 15.9 Å². The van der Waals surface area contributed by atoms with E-state index in [1.165, 1.54) is 23.0 Å². The molecule has 0 fully saturated rings. The largest absolute Gasteiger partial charge is 0.312 e. The Morgan fingerprint density at radius 3 is 2.50 bits per heavy atom. The Morgan fingerprint density at radius 2 is 1.94 bits per heavy atom. The molecule has 1 aromatic heterocycles. The summed E-state index contributed by atoms with van der Waals surface area (Å²) in [7, 11) is 0. The summed E-state index contributed by atoms with van der Waals surface area (Å²) >= 11 is 3.64. The van der Waals surface area contributed by atoms with Crippen LogP contribution in [-0.4, -0.2) is 21.9 Å². The smallest absolute Gasteiger partial charge is 0.0738 e. The Bertz CT molecular complexity index is 377. The third-order valence-corrected chi connectivity index (χ3v) is 3.98. The van der Waals surface area contributed by atoms with Gasteiger partial charge in [-0.05, 0) is 76.4 Å². The van der Waals surface area contributed by atoms with E-state index in [1.54, 1.807) is 0 Å². The average molecular weight is 316 g/mol. The van der Waals surface area contributed by atoms with E-state index in [4.69, 9.17) is 0 Å². The van der Waals surface area contributed by atoms with E-state index in [2.05, 4.69) is 65.6 Å². The highest BCUT2D eigenvalue weighted by Crippen LogP contribution is 2.22. The number of unbranched alkanes of at least 4 members (excludes halogenated alkanes) is 1. The Hall–Kier alpha value is -0.350. The molecule has 0 spiro atoms. The zero-order chi connectivity index (χ0) is 13.8. The molecule has 0 unspecified atom stereocenters. The minimum atomic E-state index is 0.225. The quantitative estimate of drug-likeness (QED) is 0.811. The van der Waals surface area contributed by atoms with Crippen molar-refractivity contribution >= 4 is 15.9 Å². The van der Waals surface area contributed by atoms with Gasteiger partial charge in [-0.15, -0.1) is 0 Å². The lowest BCUT2D eigenvalue weighted by atomic mass is 10.1. The summed E-state index contributed by atoms with van der Waals surface area (Å²) < 4.78 is 3.30.